The molecule has 0 fully saturated rings. The summed E-state index contributed by atoms with van der Waals surface area (Å²) in [5, 5.41) is 10.6. The van der Waals surface area contributed by atoms with Gasteiger partial charge < -0.3 is 9.47 Å². The second-order valence-electron chi connectivity index (χ2n) is 3.36. The molecule has 1 aromatic carbocycles. The monoisotopic (exact) mass is 221 g/mol. The molecule has 0 aromatic heterocycles. The lowest BCUT2D eigenvalue weighted by Gasteiger charge is -1.98. The number of allylic oxidation sites excluding steroid dienone is 1. The Hall–Kier alpha value is -2.04. The number of nitrogens with zero attached hydrogens (tertiary/aromatic N) is 1. The Morgan fingerprint density at radius 1 is 1.50 bits per heavy atom. The number of ether oxygens (including phenoxy) is 2. The zero-order valence-electron chi connectivity index (χ0n) is 8.80. The Labute approximate surface area is 92.4 Å². The molecule has 0 unspecified atom stereocenters. The van der Waals surface area contributed by atoms with Crippen molar-refractivity contribution in [2.24, 2.45) is 0 Å². The first-order valence-electron chi connectivity index (χ1n) is 4.95. The number of nitro groups is 1. The van der Waals surface area contributed by atoms with Crippen LogP contribution < -0.4 is 9.47 Å². The zero-order chi connectivity index (χ0) is 11.5. The van der Waals surface area contributed by atoms with Gasteiger partial charge in [-0.1, -0.05) is 13.0 Å². The van der Waals surface area contributed by atoms with Gasteiger partial charge in [0.25, 0.3) is 0 Å². The first-order valence-corrected chi connectivity index (χ1v) is 4.95. The van der Waals surface area contributed by atoms with Crippen LogP contribution in [0.2, 0.25) is 0 Å². The van der Waals surface area contributed by atoms with E-state index in [9.17, 15) is 10.1 Å². The van der Waals surface area contributed by atoms with E-state index in [4.69, 9.17) is 9.47 Å². The molecular formula is C11H11NO4. The lowest BCUT2D eigenvalue weighted by Crippen LogP contribution is -1.96. The third-order valence-electron chi connectivity index (χ3n) is 2.33. The fraction of sp³-hybridized carbons (Fsp3) is 0.273. The first-order chi connectivity index (χ1) is 7.70. The summed E-state index contributed by atoms with van der Waals surface area (Å²) < 4.78 is 10.3. The minimum atomic E-state index is -0.370. The van der Waals surface area contributed by atoms with Gasteiger partial charge in [-0.15, -0.1) is 0 Å². The van der Waals surface area contributed by atoms with Crippen LogP contribution in [0.15, 0.2) is 23.9 Å². The van der Waals surface area contributed by atoms with Crippen molar-refractivity contribution in [3.8, 4) is 11.5 Å². The maximum absolute atomic E-state index is 10.6. The summed E-state index contributed by atoms with van der Waals surface area (Å²) in [5.41, 5.74) is 0.927. The van der Waals surface area contributed by atoms with Gasteiger partial charge in [-0.25, -0.2) is 0 Å². The molecule has 84 valence electrons. The quantitative estimate of drug-likeness (QED) is 0.581. The molecule has 0 bridgehead atoms. The summed E-state index contributed by atoms with van der Waals surface area (Å²) in [4.78, 5) is 10.3. The van der Waals surface area contributed by atoms with Crippen molar-refractivity contribution in [1.29, 1.82) is 0 Å². The molecule has 16 heavy (non-hydrogen) atoms. The molecule has 1 aliphatic heterocycles. The van der Waals surface area contributed by atoms with Crippen molar-refractivity contribution >= 4 is 6.08 Å². The molecule has 0 aliphatic carbocycles. The van der Waals surface area contributed by atoms with Crippen LogP contribution in [-0.4, -0.2) is 11.7 Å². The molecule has 0 saturated heterocycles. The molecular weight excluding hydrogens is 210 g/mol. The minimum Gasteiger partial charge on any atom is -0.454 e. The summed E-state index contributed by atoms with van der Waals surface area (Å²) in [6, 6.07) is 5.26. The Morgan fingerprint density at radius 2 is 2.25 bits per heavy atom. The third kappa shape index (κ3) is 1.98. The SMILES string of the molecule is CC/C(=C\c1ccc2c(c1)OCO2)[N+](=O)[O-]. The average Bonchev–Trinajstić information content (AvgIpc) is 2.72. The molecule has 0 radical (unpaired) electrons. The highest BCUT2D eigenvalue weighted by Crippen LogP contribution is 2.33. The van der Waals surface area contributed by atoms with Crippen molar-refractivity contribution in [2.75, 3.05) is 6.79 Å². The molecule has 1 heterocycles. The zero-order valence-corrected chi connectivity index (χ0v) is 8.80. The Kier molecular flexibility index (Phi) is 2.76. The van der Waals surface area contributed by atoms with Crippen molar-refractivity contribution in [3.05, 3.63) is 39.6 Å². The van der Waals surface area contributed by atoms with Crippen molar-refractivity contribution in [3.63, 3.8) is 0 Å². The highest BCUT2D eigenvalue weighted by atomic mass is 16.7. The molecule has 1 aromatic rings. The molecule has 0 N–H and O–H groups in total. The second kappa shape index (κ2) is 4.22. The third-order valence-corrected chi connectivity index (χ3v) is 2.33. The van der Waals surface area contributed by atoms with Gasteiger partial charge in [0.1, 0.15) is 0 Å². The maximum Gasteiger partial charge on any atom is 0.246 e. The topological polar surface area (TPSA) is 61.6 Å². The van der Waals surface area contributed by atoms with Gasteiger partial charge in [-0.2, -0.15) is 0 Å². The molecule has 0 spiro atoms. The normalized spacial score (nSPS) is 13.9. The van der Waals surface area contributed by atoms with Gasteiger partial charge in [-0.05, 0) is 17.7 Å². The van der Waals surface area contributed by atoms with Crippen molar-refractivity contribution < 1.29 is 14.4 Å². The fourth-order valence-electron chi connectivity index (χ4n) is 1.48. The molecule has 0 amide bonds. The highest BCUT2D eigenvalue weighted by Gasteiger charge is 2.14. The minimum absolute atomic E-state index is 0.180. The summed E-state index contributed by atoms with van der Waals surface area (Å²) >= 11 is 0. The average molecular weight is 221 g/mol. The van der Waals surface area contributed by atoms with Crippen LogP contribution in [-0.2, 0) is 0 Å². The van der Waals surface area contributed by atoms with Crippen molar-refractivity contribution in [1.82, 2.24) is 0 Å². The van der Waals surface area contributed by atoms with Gasteiger partial charge in [0, 0.05) is 12.5 Å². The van der Waals surface area contributed by atoms with Crippen molar-refractivity contribution in [2.45, 2.75) is 13.3 Å². The smallest absolute Gasteiger partial charge is 0.246 e. The van der Waals surface area contributed by atoms with Crippen LogP contribution in [0.1, 0.15) is 18.9 Å². The van der Waals surface area contributed by atoms with Gasteiger partial charge in [0.15, 0.2) is 11.5 Å². The number of rotatable bonds is 3. The predicted octanol–water partition coefficient (Wildman–Crippen LogP) is 2.44. The lowest BCUT2D eigenvalue weighted by atomic mass is 10.1. The van der Waals surface area contributed by atoms with E-state index >= 15 is 0 Å². The van der Waals surface area contributed by atoms with Crippen LogP contribution in [0.25, 0.3) is 6.08 Å². The number of hydrogen-bond donors (Lipinski definition) is 0. The summed E-state index contributed by atoms with van der Waals surface area (Å²) in [6.45, 7) is 1.96. The molecule has 5 heteroatoms. The maximum atomic E-state index is 10.6. The van der Waals surface area contributed by atoms with Crippen LogP contribution in [0.5, 0.6) is 11.5 Å². The van der Waals surface area contributed by atoms with Crippen LogP contribution >= 0.6 is 0 Å². The molecule has 0 saturated carbocycles. The van der Waals surface area contributed by atoms with Crippen LogP contribution in [0, 0.1) is 10.1 Å². The Bertz CT molecular complexity index is 453. The molecule has 2 rings (SSSR count). The number of hydrogen-bond acceptors (Lipinski definition) is 4. The first kappa shape index (κ1) is 10.5. The van der Waals surface area contributed by atoms with Crippen LogP contribution in [0.4, 0.5) is 0 Å². The van der Waals surface area contributed by atoms with E-state index < -0.39 is 0 Å². The van der Waals surface area contributed by atoms with Gasteiger partial charge >= 0.3 is 0 Å². The predicted molar refractivity (Wildman–Crippen MR) is 57.8 cm³/mol. The van der Waals surface area contributed by atoms with Crippen LogP contribution in [0.3, 0.4) is 0 Å². The Morgan fingerprint density at radius 3 is 2.94 bits per heavy atom. The van der Waals surface area contributed by atoms with Gasteiger partial charge in [0.05, 0.1) is 4.92 Å². The van der Waals surface area contributed by atoms with Gasteiger partial charge in [-0.3, -0.25) is 10.1 Å². The summed E-state index contributed by atoms with van der Waals surface area (Å²) in [6.07, 6.45) is 1.93. The van der Waals surface area contributed by atoms with E-state index in [1.807, 2.05) is 0 Å². The summed E-state index contributed by atoms with van der Waals surface area (Å²) in [5.74, 6) is 1.31. The molecule has 5 nitrogen and oxygen atoms in total. The lowest BCUT2D eigenvalue weighted by molar-refractivity contribution is -0.425. The van der Waals surface area contributed by atoms with E-state index in [1.165, 1.54) is 0 Å². The second-order valence-corrected chi connectivity index (χ2v) is 3.36. The van der Waals surface area contributed by atoms with E-state index in [-0.39, 0.29) is 17.4 Å². The van der Waals surface area contributed by atoms with E-state index in [2.05, 4.69) is 0 Å². The largest absolute Gasteiger partial charge is 0.454 e. The fourth-order valence-corrected chi connectivity index (χ4v) is 1.48. The van der Waals surface area contributed by atoms with E-state index in [1.54, 1.807) is 31.2 Å². The highest BCUT2D eigenvalue weighted by molar-refractivity contribution is 5.57. The van der Waals surface area contributed by atoms with E-state index in [0.29, 0.717) is 17.9 Å². The number of benzene rings is 1. The standard InChI is InChI=1S/C11H11NO4/c1-2-9(12(13)14)5-8-3-4-10-11(6-8)16-7-15-10/h3-6H,2,7H2,1H3/b9-5+. The molecule has 0 atom stereocenters. The molecule has 1 aliphatic rings. The van der Waals surface area contributed by atoms with Gasteiger partial charge in [0.2, 0.25) is 12.5 Å². The van der Waals surface area contributed by atoms with E-state index in [0.717, 1.165) is 5.56 Å². The Balaban J connectivity index is 2.31. The summed E-state index contributed by atoms with van der Waals surface area (Å²) in [7, 11) is 0. The number of fused-ring (bicyclic) bond motifs is 1.